The maximum absolute atomic E-state index is 11.7. The average Bonchev–Trinajstić information content (AvgIpc) is 3.08. The highest BCUT2D eigenvalue weighted by Gasteiger charge is 2.15. The van der Waals surface area contributed by atoms with Gasteiger partial charge >= 0.3 is 6.09 Å². The Balaban J connectivity index is 1.68. The van der Waals surface area contributed by atoms with Crippen molar-refractivity contribution in [2.75, 3.05) is 6.54 Å². The Morgan fingerprint density at radius 3 is 2.40 bits per heavy atom. The summed E-state index contributed by atoms with van der Waals surface area (Å²) in [6, 6.07) is 6.35. The van der Waals surface area contributed by atoms with Crippen LogP contribution >= 0.6 is 0 Å². The molecule has 2 aromatic rings. The van der Waals surface area contributed by atoms with E-state index >= 15 is 0 Å². The molecule has 0 atom stereocenters. The second-order valence-electron chi connectivity index (χ2n) is 9.17. The standard InChI is InChI=1S/C25H40N2O3/c1-5-6-7-8-9-10-11-12-14-20-16-17-21-22(19-20)29-23(27-21)15-13-18-26-24(28)30-25(2,3)4/h16-17,19H,5-15,18H2,1-4H3,(H,26,28). The quantitative estimate of drug-likeness (QED) is 0.358. The average molecular weight is 417 g/mol. The summed E-state index contributed by atoms with van der Waals surface area (Å²) in [5.74, 6) is 0.722. The van der Waals surface area contributed by atoms with Gasteiger partial charge in [-0.15, -0.1) is 0 Å². The Bertz CT molecular complexity index is 761. The Morgan fingerprint density at radius 1 is 1.00 bits per heavy atom. The number of amides is 1. The van der Waals surface area contributed by atoms with Gasteiger partial charge in [-0.2, -0.15) is 0 Å². The molecule has 1 N–H and O–H groups in total. The van der Waals surface area contributed by atoms with E-state index in [4.69, 9.17) is 9.15 Å². The van der Waals surface area contributed by atoms with Crippen molar-refractivity contribution in [3.8, 4) is 0 Å². The molecule has 0 saturated carbocycles. The van der Waals surface area contributed by atoms with Crippen molar-refractivity contribution < 1.29 is 13.9 Å². The largest absolute Gasteiger partial charge is 0.444 e. The van der Waals surface area contributed by atoms with Gasteiger partial charge in [0.25, 0.3) is 0 Å². The van der Waals surface area contributed by atoms with Crippen LogP contribution in [0.2, 0.25) is 0 Å². The summed E-state index contributed by atoms with van der Waals surface area (Å²) in [4.78, 5) is 16.2. The summed E-state index contributed by atoms with van der Waals surface area (Å²) >= 11 is 0. The lowest BCUT2D eigenvalue weighted by atomic mass is 10.0. The van der Waals surface area contributed by atoms with E-state index in [2.05, 4.69) is 35.4 Å². The van der Waals surface area contributed by atoms with Gasteiger partial charge in [-0.25, -0.2) is 9.78 Å². The molecule has 1 heterocycles. The Morgan fingerprint density at radius 2 is 1.70 bits per heavy atom. The first kappa shape index (κ1) is 24.2. The van der Waals surface area contributed by atoms with Crippen molar-refractivity contribution in [1.82, 2.24) is 10.3 Å². The van der Waals surface area contributed by atoms with Crippen LogP contribution in [0.1, 0.15) is 96.9 Å². The number of nitrogens with one attached hydrogen (secondary N) is 1. The lowest BCUT2D eigenvalue weighted by Crippen LogP contribution is -2.33. The molecule has 0 bridgehead atoms. The van der Waals surface area contributed by atoms with Gasteiger partial charge in [-0.05, 0) is 57.7 Å². The van der Waals surface area contributed by atoms with Gasteiger partial charge in [0.15, 0.2) is 11.5 Å². The first-order chi connectivity index (χ1) is 14.4. The summed E-state index contributed by atoms with van der Waals surface area (Å²) < 4.78 is 11.2. The summed E-state index contributed by atoms with van der Waals surface area (Å²) in [6.45, 7) is 8.37. The van der Waals surface area contributed by atoms with E-state index in [1.165, 1.54) is 56.9 Å². The van der Waals surface area contributed by atoms with Crippen molar-refractivity contribution in [2.45, 2.75) is 104 Å². The van der Waals surface area contributed by atoms with Gasteiger partial charge in [-0.1, -0.05) is 57.9 Å². The van der Waals surface area contributed by atoms with E-state index in [1.54, 1.807) is 0 Å². The fraction of sp³-hybridized carbons (Fsp3) is 0.680. The minimum Gasteiger partial charge on any atom is -0.444 e. The predicted octanol–water partition coefficient (Wildman–Crippen LogP) is 6.97. The molecule has 0 aliphatic heterocycles. The van der Waals surface area contributed by atoms with E-state index in [9.17, 15) is 4.79 Å². The zero-order valence-electron chi connectivity index (χ0n) is 19.4. The van der Waals surface area contributed by atoms with Crippen molar-refractivity contribution in [3.05, 3.63) is 29.7 Å². The number of carbonyl (C=O) groups is 1. The summed E-state index contributed by atoms with van der Waals surface area (Å²) in [5.41, 5.74) is 2.62. The number of carbonyl (C=O) groups excluding carboxylic acids is 1. The first-order valence-corrected chi connectivity index (χ1v) is 11.7. The maximum atomic E-state index is 11.7. The monoisotopic (exact) mass is 416 g/mol. The van der Waals surface area contributed by atoms with Crippen LogP contribution in [-0.2, 0) is 17.6 Å². The van der Waals surface area contributed by atoms with E-state index in [-0.39, 0.29) is 6.09 Å². The normalized spacial score (nSPS) is 11.7. The van der Waals surface area contributed by atoms with Crippen molar-refractivity contribution in [3.63, 3.8) is 0 Å². The number of aryl methyl sites for hydroxylation is 2. The Labute approximate surface area is 182 Å². The van der Waals surface area contributed by atoms with Gasteiger partial charge in [-0.3, -0.25) is 0 Å². The van der Waals surface area contributed by atoms with Crippen molar-refractivity contribution in [1.29, 1.82) is 0 Å². The number of hydrogen-bond acceptors (Lipinski definition) is 4. The van der Waals surface area contributed by atoms with Crippen molar-refractivity contribution >= 4 is 17.2 Å². The van der Waals surface area contributed by atoms with Crippen molar-refractivity contribution in [2.24, 2.45) is 0 Å². The fourth-order valence-corrected chi connectivity index (χ4v) is 3.49. The van der Waals surface area contributed by atoms with Gasteiger partial charge in [0.05, 0.1) is 0 Å². The number of benzene rings is 1. The molecule has 0 saturated heterocycles. The number of fused-ring (bicyclic) bond motifs is 1. The fourth-order valence-electron chi connectivity index (χ4n) is 3.49. The number of rotatable bonds is 13. The third-order valence-electron chi connectivity index (χ3n) is 5.05. The van der Waals surface area contributed by atoms with Gasteiger partial charge < -0.3 is 14.5 Å². The van der Waals surface area contributed by atoms with E-state index in [1.807, 2.05) is 20.8 Å². The Kier molecular flexibility index (Phi) is 10.2. The van der Waals surface area contributed by atoms with Gasteiger partial charge in [0.1, 0.15) is 11.1 Å². The first-order valence-electron chi connectivity index (χ1n) is 11.7. The van der Waals surface area contributed by atoms with Crippen LogP contribution in [0.5, 0.6) is 0 Å². The zero-order valence-corrected chi connectivity index (χ0v) is 19.4. The predicted molar refractivity (Wildman–Crippen MR) is 123 cm³/mol. The van der Waals surface area contributed by atoms with Crippen LogP contribution in [-0.4, -0.2) is 23.2 Å². The molecule has 2 rings (SSSR count). The molecular weight excluding hydrogens is 376 g/mol. The molecule has 0 aliphatic carbocycles. The number of oxazole rings is 1. The molecule has 1 aromatic carbocycles. The number of hydrogen-bond donors (Lipinski definition) is 1. The van der Waals surface area contributed by atoms with Gasteiger partial charge in [0, 0.05) is 13.0 Å². The molecule has 1 amide bonds. The number of aromatic nitrogens is 1. The highest BCUT2D eigenvalue weighted by atomic mass is 16.6. The van der Waals surface area contributed by atoms with Crippen LogP contribution < -0.4 is 5.32 Å². The number of alkyl carbamates (subject to hydrolysis) is 1. The van der Waals surface area contributed by atoms with Crippen LogP contribution in [0, 0.1) is 0 Å². The number of nitrogens with zero attached hydrogens (tertiary/aromatic N) is 1. The third kappa shape index (κ3) is 9.64. The molecule has 1 aromatic heterocycles. The third-order valence-corrected chi connectivity index (χ3v) is 5.05. The highest BCUT2D eigenvalue weighted by molar-refractivity contribution is 5.73. The molecule has 30 heavy (non-hydrogen) atoms. The Hall–Kier alpha value is -2.04. The minimum absolute atomic E-state index is 0.384. The smallest absolute Gasteiger partial charge is 0.407 e. The number of ether oxygens (including phenoxy) is 1. The molecule has 0 unspecified atom stereocenters. The molecule has 0 spiro atoms. The molecule has 5 nitrogen and oxygen atoms in total. The highest BCUT2D eigenvalue weighted by Crippen LogP contribution is 2.20. The van der Waals surface area contributed by atoms with Crippen LogP contribution in [0.4, 0.5) is 4.79 Å². The SMILES string of the molecule is CCCCCCCCCCc1ccc2nc(CCCNC(=O)OC(C)(C)C)oc2c1. The minimum atomic E-state index is -0.475. The van der Waals surface area contributed by atoms with E-state index in [0.29, 0.717) is 13.0 Å². The second kappa shape index (κ2) is 12.6. The van der Waals surface area contributed by atoms with E-state index < -0.39 is 5.60 Å². The maximum Gasteiger partial charge on any atom is 0.407 e. The van der Waals surface area contributed by atoms with Crippen LogP contribution in [0.15, 0.2) is 22.6 Å². The topological polar surface area (TPSA) is 64.4 Å². The van der Waals surface area contributed by atoms with Gasteiger partial charge in [0.2, 0.25) is 0 Å². The second-order valence-corrected chi connectivity index (χ2v) is 9.17. The molecule has 0 radical (unpaired) electrons. The summed E-state index contributed by atoms with van der Waals surface area (Å²) in [5, 5.41) is 2.77. The lowest BCUT2D eigenvalue weighted by Gasteiger charge is -2.19. The lowest BCUT2D eigenvalue weighted by molar-refractivity contribution is 0.0527. The van der Waals surface area contributed by atoms with Crippen LogP contribution in [0.25, 0.3) is 11.1 Å². The molecule has 0 aliphatic rings. The van der Waals surface area contributed by atoms with E-state index in [0.717, 1.165) is 29.8 Å². The zero-order chi connectivity index (χ0) is 21.8. The molecule has 168 valence electrons. The van der Waals surface area contributed by atoms with Crippen LogP contribution in [0.3, 0.4) is 0 Å². The molecule has 0 fully saturated rings. The molecular formula is C25H40N2O3. The summed E-state index contributed by atoms with van der Waals surface area (Å²) in [6.07, 6.45) is 12.9. The molecule has 5 heteroatoms. The summed E-state index contributed by atoms with van der Waals surface area (Å²) in [7, 11) is 0. The number of unbranched alkanes of at least 4 members (excludes halogenated alkanes) is 7.